The van der Waals surface area contributed by atoms with Crippen LogP contribution in [-0.2, 0) is 18.5 Å². The Morgan fingerprint density at radius 3 is 2.09 bits per heavy atom. The topological polar surface area (TPSA) is 62.2 Å². The van der Waals surface area contributed by atoms with Gasteiger partial charge in [0, 0.05) is 28.9 Å². The molecule has 0 spiro atoms. The van der Waals surface area contributed by atoms with Crippen LogP contribution < -0.4 is 10.6 Å². The molecule has 0 aromatic carbocycles. The van der Waals surface area contributed by atoms with Crippen LogP contribution in [0.3, 0.4) is 0 Å². The molecule has 128 valence electrons. The van der Waals surface area contributed by atoms with Crippen LogP contribution in [0.1, 0.15) is 42.2 Å². The molecule has 8 heteroatoms. The van der Waals surface area contributed by atoms with E-state index < -0.39 is 0 Å². The van der Waals surface area contributed by atoms with Gasteiger partial charge in [-0.2, -0.15) is 0 Å². The summed E-state index contributed by atoms with van der Waals surface area (Å²) < 4.78 is 0. The Kier molecular flexibility index (Phi) is 7.88. The Labute approximate surface area is 163 Å². The summed E-state index contributed by atoms with van der Waals surface area (Å²) in [6, 6.07) is 0. The smallest absolute Gasteiger partial charge is 0.191 e. The van der Waals surface area contributed by atoms with Crippen molar-refractivity contribution in [3.8, 4) is 0 Å². The number of thiazole rings is 2. The van der Waals surface area contributed by atoms with Gasteiger partial charge in [0.15, 0.2) is 5.96 Å². The van der Waals surface area contributed by atoms with E-state index in [9.17, 15) is 0 Å². The summed E-state index contributed by atoms with van der Waals surface area (Å²) in [4.78, 5) is 13.3. The van der Waals surface area contributed by atoms with E-state index >= 15 is 0 Å². The van der Waals surface area contributed by atoms with Crippen molar-refractivity contribution in [3.05, 3.63) is 32.2 Å². The number of hydrogen-bond donors (Lipinski definition) is 2. The van der Waals surface area contributed by atoms with Crippen LogP contribution in [0, 0.1) is 6.92 Å². The van der Waals surface area contributed by atoms with Crippen LogP contribution >= 0.6 is 46.7 Å². The van der Waals surface area contributed by atoms with Gasteiger partial charge in [0.2, 0.25) is 0 Å². The highest BCUT2D eigenvalue weighted by molar-refractivity contribution is 14.0. The second-order valence-electron chi connectivity index (χ2n) is 6.04. The van der Waals surface area contributed by atoms with Gasteiger partial charge in [0.1, 0.15) is 10.0 Å². The largest absolute Gasteiger partial charge is 0.350 e. The molecule has 2 aromatic heterocycles. The van der Waals surface area contributed by atoms with Crippen molar-refractivity contribution < 1.29 is 0 Å². The minimum Gasteiger partial charge on any atom is -0.350 e. The third-order valence-electron chi connectivity index (χ3n) is 3.02. The van der Waals surface area contributed by atoms with Gasteiger partial charge in [-0.3, -0.25) is 4.99 Å². The number of hydrogen-bond acceptors (Lipinski definition) is 5. The number of nitrogens with zero attached hydrogens (tertiary/aromatic N) is 3. The summed E-state index contributed by atoms with van der Waals surface area (Å²) in [5.41, 5.74) is 2.29. The Bertz CT molecular complexity index is 642. The van der Waals surface area contributed by atoms with E-state index in [-0.39, 0.29) is 29.4 Å². The lowest BCUT2D eigenvalue weighted by molar-refractivity contribution is 0.570. The Morgan fingerprint density at radius 2 is 1.65 bits per heavy atom. The predicted octanol–water partition coefficient (Wildman–Crippen LogP) is 3.69. The molecule has 0 fully saturated rings. The van der Waals surface area contributed by atoms with Gasteiger partial charge in [-0.25, -0.2) is 9.97 Å². The standard InChI is InChI=1S/C15H23N5S2.HI/c1-10-8-21-12(19-10)6-17-14(16-5)18-7-13-20-11(9-22-13)15(2,3)4;/h8-9H,6-7H2,1-5H3,(H2,16,17,18);1H. The number of rotatable bonds is 4. The van der Waals surface area contributed by atoms with Crippen LogP contribution in [0.5, 0.6) is 0 Å². The van der Waals surface area contributed by atoms with Crippen LogP contribution in [-0.4, -0.2) is 23.0 Å². The summed E-state index contributed by atoms with van der Waals surface area (Å²) in [5, 5.41) is 12.9. The van der Waals surface area contributed by atoms with Crippen LogP contribution in [0.2, 0.25) is 0 Å². The molecule has 0 aliphatic heterocycles. The fourth-order valence-electron chi connectivity index (χ4n) is 1.76. The van der Waals surface area contributed by atoms with E-state index in [1.54, 1.807) is 29.7 Å². The maximum absolute atomic E-state index is 4.67. The lowest BCUT2D eigenvalue weighted by Gasteiger charge is -2.14. The third-order valence-corrected chi connectivity index (χ3v) is 4.84. The average molecular weight is 465 g/mol. The SMILES string of the molecule is CN=C(NCc1nc(C)cs1)NCc1nc(C(C)(C)C)cs1.I. The lowest BCUT2D eigenvalue weighted by Crippen LogP contribution is -2.36. The van der Waals surface area contributed by atoms with Gasteiger partial charge >= 0.3 is 0 Å². The molecular weight excluding hydrogens is 441 g/mol. The lowest BCUT2D eigenvalue weighted by atomic mass is 9.93. The quantitative estimate of drug-likeness (QED) is 0.411. The first-order valence-electron chi connectivity index (χ1n) is 7.19. The molecule has 0 atom stereocenters. The maximum Gasteiger partial charge on any atom is 0.191 e. The van der Waals surface area contributed by atoms with Gasteiger partial charge < -0.3 is 10.6 Å². The second kappa shape index (κ2) is 8.93. The molecule has 2 rings (SSSR count). The normalized spacial score (nSPS) is 12.0. The fraction of sp³-hybridized carbons (Fsp3) is 0.533. The average Bonchev–Trinajstić information content (AvgIpc) is 3.07. The van der Waals surface area contributed by atoms with Crippen LogP contribution in [0.15, 0.2) is 15.8 Å². The molecule has 2 N–H and O–H groups in total. The number of nitrogens with one attached hydrogen (secondary N) is 2. The van der Waals surface area contributed by atoms with E-state index in [1.807, 2.05) is 6.92 Å². The molecule has 0 radical (unpaired) electrons. The van der Waals surface area contributed by atoms with Crippen molar-refractivity contribution >= 4 is 52.6 Å². The molecule has 0 saturated carbocycles. The monoisotopic (exact) mass is 465 g/mol. The zero-order chi connectivity index (χ0) is 16.2. The van der Waals surface area contributed by atoms with E-state index in [0.717, 1.165) is 27.4 Å². The molecule has 0 aliphatic rings. The van der Waals surface area contributed by atoms with Gasteiger partial charge in [-0.15, -0.1) is 46.7 Å². The second-order valence-corrected chi connectivity index (χ2v) is 7.92. The molecule has 0 unspecified atom stereocenters. The number of guanidine groups is 1. The summed E-state index contributed by atoms with van der Waals surface area (Å²) in [7, 11) is 1.77. The molecule has 2 aromatic rings. The highest BCUT2D eigenvalue weighted by Gasteiger charge is 2.17. The first-order chi connectivity index (χ1) is 10.4. The van der Waals surface area contributed by atoms with Crippen molar-refractivity contribution in [2.75, 3.05) is 7.05 Å². The van der Waals surface area contributed by atoms with Crippen LogP contribution in [0.4, 0.5) is 0 Å². The Morgan fingerprint density at radius 1 is 1.09 bits per heavy atom. The predicted molar refractivity (Wildman–Crippen MR) is 110 cm³/mol. The molecule has 5 nitrogen and oxygen atoms in total. The van der Waals surface area contributed by atoms with Gasteiger partial charge in [0.25, 0.3) is 0 Å². The molecular formula is C15H24IN5S2. The van der Waals surface area contributed by atoms with E-state index in [2.05, 4.69) is 57.1 Å². The molecule has 0 bridgehead atoms. The summed E-state index contributed by atoms with van der Waals surface area (Å²) in [5.74, 6) is 0.764. The minimum atomic E-state index is 0. The van der Waals surface area contributed by atoms with E-state index in [1.165, 1.54) is 0 Å². The number of aliphatic imine (C=N–C) groups is 1. The van der Waals surface area contributed by atoms with Crippen molar-refractivity contribution in [3.63, 3.8) is 0 Å². The van der Waals surface area contributed by atoms with Crippen LogP contribution in [0.25, 0.3) is 0 Å². The first-order valence-corrected chi connectivity index (χ1v) is 8.95. The van der Waals surface area contributed by atoms with E-state index in [0.29, 0.717) is 13.1 Å². The molecule has 0 saturated heterocycles. The van der Waals surface area contributed by atoms with Crippen molar-refractivity contribution in [1.82, 2.24) is 20.6 Å². The maximum atomic E-state index is 4.67. The van der Waals surface area contributed by atoms with Crippen molar-refractivity contribution in [1.29, 1.82) is 0 Å². The molecule has 23 heavy (non-hydrogen) atoms. The molecule has 2 heterocycles. The Hall–Kier alpha value is -0.740. The van der Waals surface area contributed by atoms with E-state index in [4.69, 9.17) is 0 Å². The molecule has 0 aliphatic carbocycles. The number of aromatic nitrogens is 2. The molecule has 0 amide bonds. The number of halogens is 1. The minimum absolute atomic E-state index is 0. The number of aryl methyl sites for hydroxylation is 1. The summed E-state index contributed by atoms with van der Waals surface area (Å²) in [6.45, 7) is 9.89. The van der Waals surface area contributed by atoms with Gasteiger partial charge in [-0.05, 0) is 6.92 Å². The summed E-state index contributed by atoms with van der Waals surface area (Å²) >= 11 is 3.34. The fourth-order valence-corrected chi connectivity index (χ4v) is 3.43. The third kappa shape index (κ3) is 6.34. The highest BCUT2D eigenvalue weighted by Crippen LogP contribution is 2.23. The first kappa shape index (κ1) is 20.3. The highest BCUT2D eigenvalue weighted by atomic mass is 127. The van der Waals surface area contributed by atoms with Gasteiger partial charge in [0.05, 0.1) is 18.8 Å². The Balaban J connectivity index is 0.00000264. The van der Waals surface area contributed by atoms with Crippen molar-refractivity contribution in [2.24, 2.45) is 4.99 Å². The summed E-state index contributed by atoms with van der Waals surface area (Å²) in [6.07, 6.45) is 0. The zero-order valence-electron chi connectivity index (χ0n) is 14.1. The van der Waals surface area contributed by atoms with Crippen molar-refractivity contribution in [2.45, 2.75) is 46.2 Å². The zero-order valence-corrected chi connectivity index (χ0v) is 18.1. The van der Waals surface area contributed by atoms with Gasteiger partial charge in [-0.1, -0.05) is 20.8 Å².